The molecule has 0 spiro atoms. The molecule has 0 amide bonds. The SMILES string of the molecule is CCCNCc1sc(Cc2ccc(C)cc2)nc1CCC. The number of rotatable bonds is 8. The maximum Gasteiger partial charge on any atom is 0.0975 e. The van der Waals surface area contributed by atoms with Crippen LogP contribution < -0.4 is 5.32 Å². The van der Waals surface area contributed by atoms with E-state index in [1.54, 1.807) is 0 Å². The number of aromatic nitrogens is 1. The maximum atomic E-state index is 4.87. The van der Waals surface area contributed by atoms with Crippen LogP contribution in [0.3, 0.4) is 0 Å². The molecule has 2 rings (SSSR count). The molecule has 114 valence electrons. The minimum Gasteiger partial charge on any atom is -0.312 e. The minimum atomic E-state index is 0.954. The van der Waals surface area contributed by atoms with Crippen LogP contribution >= 0.6 is 11.3 Å². The van der Waals surface area contributed by atoms with Gasteiger partial charge in [0.15, 0.2) is 0 Å². The van der Waals surface area contributed by atoms with Crippen LogP contribution in [0.25, 0.3) is 0 Å². The largest absolute Gasteiger partial charge is 0.312 e. The number of benzene rings is 1. The van der Waals surface area contributed by atoms with Gasteiger partial charge in [0.2, 0.25) is 0 Å². The average Bonchev–Trinajstić information content (AvgIpc) is 2.84. The fourth-order valence-electron chi connectivity index (χ4n) is 2.34. The van der Waals surface area contributed by atoms with E-state index in [2.05, 4.69) is 50.4 Å². The van der Waals surface area contributed by atoms with Crippen LogP contribution in [-0.2, 0) is 19.4 Å². The number of aryl methyl sites for hydroxylation is 2. The molecule has 0 atom stereocenters. The average molecular weight is 302 g/mol. The van der Waals surface area contributed by atoms with Crippen molar-refractivity contribution in [3.8, 4) is 0 Å². The van der Waals surface area contributed by atoms with E-state index >= 15 is 0 Å². The highest BCUT2D eigenvalue weighted by molar-refractivity contribution is 7.11. The van der Waals surface area contributed by atoms with Gasteiger partial charge in [-0.1, -0.05) is 50.1 Å². The van der Waals surface area contributed by atoms with Crippen molar-refractivity contribution in [1.82, 2.24) is 10.3 Å². The molecule has 0 saturated carbocycles. The Morgan fingerprint density at radius 1 is 1.10 bits per heavy atom. The van der Waals surface area contributed by atoms with E-state index in [0.717, 1.165) is 32.4 Å². The molecule has 0 aliphatic carbocycles. The predicted molar refractivity (Wildman–Crippen MR) is 92.1 cm³/mol. The number of nitrogens with one attached hydrogen (secondary N) is 1. The van der Waals surface area contributed by atoms with Crippen molar-refractivity contribution in [2.45, 2.75) is 53.0 Å². The van der Waals surface area contributed by atoms with Gasteiger partial charge in [0.1, 0.15) is 0 Å². The summed E-state index contributed by atoms with van der Waals surface area (Å²) in [5.41, 5.74) is 3.97. The van der Waals surface area contributed by atoms with Gasteiger partial charge in [0.25, 0.3) is 0 Å². The highest BCUT2D eigenvalue weighted by atomic mass is 32.1. The Morgan fingerprint density at radius 2 is 1.86 bits per heavy atom. The molecule has 1 heterocycles. The molecule has 0 aliphatic heterocycles. The molecule has 1 N–H and O–H groups in total. The summed E-state index contributed by atoms with van der Waals surface area (Å²) in [5, 5.41) is 4.75. The molecule has 0 saturated heterocycles. The highest BCUT2D eigenvalue weighted by Gasteiger charge is 2.10. The molecule has 0 bridgehead atoms. The zero-order chi connectivity index (χ0) is 15.1. The second kappa shape index (κ2) is 8.30. The molecule has 21 heavy (non-hydrogen) atoms. The standard InChI is InChI=1S/C18H26N2S/c1-4-6-16-17(13-19-11-5-2)21-18(20-16)12-15-9-7-14(3)8-10-15/h7-10,19H,4-6,11-13H2,1-3H3. The third kappa shape index (κ3) is 4.94. The first-order valence-electron chi connectivity index (χ1n) is 7.96. The van der Waals surface area contributed by atoms with Gasteiger partial charge >= 0.3 is 0 Å². The minimum absolute atomic E-state index is 0.954. The normalized spacial score (nSPS) is 11.0. The lowest BCUT2D eigenvalue weighted by Crippen LogP contribution is -2.13. The molecule has 3 heteroatoms. The first kappa shape index (κ1) is 16.2. The van der Waals surface area contributed by atoms with E-state index in [4.69, 9.17) is 4.98 Å². The van der Waals surface area contributed by atoms with Gasteiger partial charge in [-0.3, -0.25) is 0 Å². The number of nitrogens with zero attached hydrogens (tertiary/aromatic N) is 1. The summed E-state index contributed by atoms with van der Waals surface area (Å²) in [5.74, 6) is 0. The monoisotopic (exact) mass is 302 g/mol. The Morgan fingerprint density at radius 3 is 2.52 bits per heavy atom. The molecule has 0 radical (unpaired) electrons. The van der Waals surface area contributed by atoms with Crippen molar-refractivity contribution in [1.29, 1.82) is 0 Å². The summed E-state index contributed by atoms with van der Waals surface area (Å²) in [6.45, 7) is 8.60. The van der Waals surface area contributed by atoms with E-state index in [1.165, 1.54) is 33.1 Å². The Bertz CT molecular complexity index is 543. The van der Waals surface area contributed by atoms with Crippen molar-refractivity contribution in [3.05, 3.63) is 51.0 Å². The van der Waals surface area contributed by atoms with E-state index in [0.29, 0.717) is 0 Å². The summed E-state index contributed by atoms with van der Waals surface area (Å²) in [6.07, 6.45) is 4.38. The summed E-state index contributed by atoms with van der Waals surface area (Å²) < 4.78 is 0. The lowest BCUT2D eigenvalue weighted by atomic mass is 10.1. The zero-order valence-corrected chi connectivity index (χ0v) is 14.2. The van der Waals surface area contributed by atoms with Crippen molar-refractivity contribution in [2.75, 3.05) is 6.54 Å². The smallest absolute Gasteiger partial charge is 0.0975 e. The van der Waals surface area contributed by atoms with E-state index < -0.39 is 0 Å². The van der Waals surface area contributed by atoms with Crippen LogP contribution in [0.15, 0.2) is 24.3 Å². The fraction of sp³-hybridized carbons (Fsp3) is 0.500. The summed E-state index contributed by atoms with van der Waals surface area (Å²) >= 11 is 1.88. The Kier molecular flexibility index (Phi) is 6.40. The first-order valence-corrected chi connectivity index (χ1v) is 8.78. The van der Waals surface area contributed by atoms with Crippen molar-refractivity contribution < 1.29 is 0 Å². The van der Waals surface area contributed by atoms with Crippen molar-refractivity contribution >= 4 is 11.3 Å². The topological polar surface area (TPSA) is 24.9 Å². The van der Waals surface area contributed by atoms with Gasteiger partial charge in [-0.05, 0) is 31.9 Å². The Balaban J connectivity index is 2.08. The van der Waals surface area contributed by atoms with Crippen molar-refractivity contribution in [3.63, 3.8) is 0 Å². The van der Waals surface area contributed by atoms with Gasteiger partial charge in [-0.25, -0.2) is 4.98 Å². The van der Waals surface area contributed by atoms with Gasteiger partial charge in [-0.15, -0.1) is 11.3 Å². The quantitative estimate of drug-likeness (QED) is 0.727. The van der Waals surface area contributed by atoms with Crippen LogP contribution in [0.5, 0.6) is 0 Å². The van der Waals surface area contributed by atoms with Crippen LogP contribution in [0.2, 0.25) is 0 Å². The summed E-state index contributed by atoms with van der Waals surface area (Å²) in [7, 11) is 0. The maximum absolute atomic E-state index is 4.87. The molecule has 0 fully saturated rings. The lowest BCUT2D eigenvalue weighted by molar-refractivity contribution is 0.674. The second-order valence-electron chi connectivity index (χ2n) is 5.57. The van der Waals surface area contributed by atoms with Gasteiger partial charge < -0.3 is 5.32 Å². The van der Waals surface area contributed by atoms with Gasteiger partial charge in [0, 0.05) is 17.8 Å². The van der Waals surface area contributed by atoms with Crippen LogP contribution in [0.1, 0.15) is 53.4 Å². The van der Waals surface area contributed by atoms with E-state index in [-0.39, 0.29) is 0 Å². The van der Waals surface area contributed by atoms with E-state index in [1.807, 2.05) is 11.3 Å². The highest BCUT2D eigenvalue weighted by Crippen LogP contribution is 2.22. The predicted octanol–water partition coefficient (Wildman–Crippen LogP) is 4.49. The number of thiazole rings is 1. The third-order valence-corrected chi connectivity index (χ3v) is 4.60. The summed E-state index contributed by atoms with van der Waals surface area (Å²) in [4.78, 5) is 6.30. The second-order valence-corrected chi connectivity index (χ2v) is 6.73. The molecule has 1 aromatic heterocycles. The Hall–Kier alpha value is -1.19. The first-order chi connectivity index (χ1) is 10.2. The van der Waals surface area contributed by atoms with Gasteiger partial charge in [0.05, 0.1) is 10.7 Å². The van der Waals surface area contributed by atoms with Crippen LogP contribution in [0, 0.1) is 6.92 Å². The molecule has 2 nitrogen and oxygen atoms in total. The fourth-order valence-corrected chi connectivity index (χ4v) is 3.46. The molecule has 2 aromatic rings. The van der Waals surface area contributed by atoms with Crippen LogP contribution in [-0.4, -0.2) is 11.5 Å². The lowest BCUT2D eigenvalue weighted by Gasteiger charge is -2.02. The zero-order valence-electron chi connectivity index (χ0n) is 13.4. The number of hydrogen-bond acceptors (Lipinski definition) is 3. The Labute approximate surface area is 132 Å². The van der Waals surface area contributed by atoms with Crippen LogP contribution in [0.4, 0.5) is 0 Å². The molecular formula is C18H26N2S. The van der Waals surface area contributed by atoms with Crippen molar-refractivity contribution in [2.24, 2.45) is 0 Å². The van der Waals surface area contributed by atoms with Gasteiger partial charge in [-0.2, -0.15) is 0 Å². The van der Waals surface area contributed by atoms with E-state index in [9.17, 15) is 0 Å². The summed E-state index contributed by atoms with van der Waals surface area (Å²) in [6, 6.07) is 8.79. The molecule has 1 aromatic carbocycles. The third-order valence-electron chi connectivity index (χ3n) is 3.50. The molecular weight excluding hydrogens is 276 g/mol. The molecule has 0 aliphatic rings. The number of hydrogen-bond donors (Lipinski definition) is 1. The molecule has 0 unspecified atom stereocenters.